The van der Waals surface area contributed by atoms with Gasteiger partial charge in [-0.05, 0) is 30.3 Å². The van der Waals surface area contributed by atoms with Crippen molar-refractivity contribution in [2.24, 2.45) is 0 Å². The molecule has 0 aliphatic carbocycles. The van der Waals surface area contributed by atoms with Gasteiger partial charge in [0.1, 0.15) is 17.3 Å². The van der Waals surface area contributed by atoms with E-state index in [1.165, 1.54) is 41.5 Å². The molecular weight excluding hydrogens is 367 g/mol. The van der Waals surface area contributed by atoms with E-state index < -0.39 is 10.7 Å². The van der Waals surface area contributed by atoms with E-state index in [2.05, 4.69) is 0 Å². The molecule has 0 unspecified atom stereocenters. The molecule has 3 aromatic rings. The number of nitro groups is 1. The Morgan fingerprint density at radius 3 is 2.46 bits per heavy atom. The van der Waals surface area contributed by atoms with E-state index in [4.69, 9.17) is 9.15 Å². The van der Waals surface area contributed by atoms with E-state index in [0.717, 1.165) is 0 Å². The monoisotopic (exact) mass is 384 g/mol. The number of benzene rings is 2. The van der Waals surface area contributed by atoms with Crippen LogP contribution in [0.2, 0.25) is 0 Å². The summed E-state index contributed by atoms with van der Waals surface area (Å²) in [5, 5.41) is 10.7. The molecule has 28 heavy (non-hydrogen) atoms. The van der Waals surface area contributed by atoms with Crippen molar-refractivity contribution in [2.75, 3.05) is 6.61 Å². The number of furan rings is 1. The summed E-state index contributed by atoms with van der Waals surface area (Å²) in [6, 6.07) is 15.1. The molecule has 0 bridgehead atoms. The maximum atomic E-state index is 14.0. The molecule has 0 spiro atoms. The Morgan fingerprint density at radius 1 is 1.07 bits per heavy atom. The van der Waals surface area contributed by atoms with Gasteiger partial charge in [0.15, 0.2) is 6.61 Å². The van der Waals surface area contributed by atoms with Crippen molar-refractivity contribution in [3.8, 4) is 5.75 Å². The lowest BCUT2D eigenvalue weighted by Gasteiger charge is -2.22. The molecule has 0 N–H and O–H groups in total. The number of nitro benzene ring substituents is 1. The van der Waals surface area contributed by atoms with Crippen LogP contribution in [0.25, 0.3) is 0 Å². The van der Waals surface area contributed by atoms with Gasteiger partial charge in [0, 0.05) is 24.2 Å². The van der Waals surface area contributed by atoms with Gasteiger partial charge in [-0.15, -0.1) is 0 Å². The molecular formula is C20H17FN2O5. The lowest BCUT2D eigenvalue weighted by molar-refractivity contribution is -0.384. The highest BCUT2D eigenvalue weighted by atomic mass is 19.1. The zero-order valence-corrected chi connectivity index (χ0v) is 14.8. The van der Waals surface area contributed by atoms with Crippen molar-refractivity contribution < 1.29 is 23.3 Å². The van der Waals surface area contributed by atoms with Crippen LogP contribution in [0.4, 0.5) is 10.1 Å². The molecule has 0 atom stereocenters. The molecule has 0 radical (unpaired) electrons. The average molecular weight is 384 g/mol. The predicted molar refractivity (Wildman–Crippen MR) is 98.0 cm³/mol. The first-order valence-electron chi connectivity index (χ1n) is 8.44. The minimum atomic E-state index is -0.519. The minimum absolute atomic E-state index is 0.0514. The zero-order chi connectivity index (χ0) is 19.9. The number of rotatable bonds is 8. The van der Waals surface area contributed by atoms with Gasteiger partial charge in [0.2, 0.25) is 0 Å². The minimum Gasteiger partial charge on any atom is -0.484 e. The van der Waals surface area contributed by atoms with Crippen molar-refractivity contribution in [2.45, 2.75) is 13.1 Å². The van der Waals surface area contributed by atoms with Gasteiger partial charge >= 0.3 is 0 Å². The quantitative estimate of drug-likeness (QED) is 0.434. The largest absolute Gasteiger partial charge is 0.484 e. The Kier molecular flexibility index (Phi) is 6.01. The Bertz CT molecular complexity index is 941. The summed E-state index contributed by atoms with van der Waals surface area (Å²) in [7, 11) is 0. The first-order chi connectivity index (χ1) is 13.5. The highest BCUT2D eigenvalue weighted by Gasteiger charge is 2.18. The van der Waals surface area contributed by atoms with E-state index in [1.54, 1.807) is 30.3 Å². The maximum absolute atomic E-state index is 14.0. The number of amides is 1. The van der Waals surface area contributed by atoms with Crippen molar-refractivity contribution >= 4 is 11.6 Å². The second-order valence-electron chi connectivity index (χ2n) is 5.96. The van der Waals surface area contributed by atoms with Crippen LogP contribution in [0.15, 0.2) is 71.3 Å². The topological polar surface area (TPSA) is 85.8 Å². The molecule has 0 saturated carbocycles. The molecule has 1 amide bonds. The summed E-state index contributed by atoms with van der Waals surface area (Å²) in [4.78, 5) is 24.2. The third-order valence-corrected chi connectivity index (χ3v) is 4.01. The second kappa shape index (κ2) is 8.81. The van der Waals surface area contributed by atoms with Crippen LogP contribution in [-0.4, -0.2) is 22.3 Å². The zero-order valence-electron chi connectivity index (χ0n) is 14.8. The molecule has 7 nitrogen and oxygen atoms in total. The number of hydrogen-bond donors (Lipinski definition) is 0. The molecule has 144 valence electrons. The first-order valence-corrected chi connectivity index (χ1v) is 8.44. The summed E-state index contributed by atoms with van der Waals surface area (Å²) < 4.78 is 24.7. The van der Waals surface area contributed by atoms with Crippen molar-refractivity contribution in [1.29, 1.82) is 0 Å². The lowest BCUT2D eigenvalue weighted by atomic mass is 10.2. The van der Waals surface area contributed by atoms with Crippen molar-refractivity contribution in [1.82, 2.24) is 4.90 Å². The van der Waals surface area contributed by atoms with Crippen molar-refractivity contribution in [3.05, 3.63) is 94.2 Å². The molecule has 0 saturated heterocycles. The second-order valence-corrected chi connectivity index (χ2v) is 5.96. The van der Waals surface area contributed by atoms with Crippen LogP contribution in [0.1, 0.15) is 11.3 Å². The van der Waals surface area contributed by atoms with Crippen LogP contribution >= 0.6 is 0 Å². The summed E-state index contributed by atoms with van der Waals surface area (Å²) in [5.74, 6) is 0.0943. The van der Waals surface area contributed by atoms with Crippen molar-refractivity contribution in [3.63, 3.8) is 0 Å². The molecule has 0 aliphatic heterocycles. The SMILES string of the molecule is O=C(COc1ccc([N+](=O)[O-])cc1)N(Cc1ccco1)Cc1ccccc1F. The van der Waals surface area contributed by atoms with E-state index in [-0.39, 0.29) is 31.3 Å². The Hall–Kier alpha value is -3.68. The number of nitrogens with zero attached hydrogens (tertiary/aromatic N) is 2. The Morgan fingerprint density at radius 2 is 1.82 bits per heavy atom. The number of carbonyl (C=O) groups excluding carboxylic acids is 1. The standard InChI is InChI=1S/C20H17FN2O5/c21-19-6-2-1-4-15(19)12-22(13-18-5-3-11-27-18)20(24)14-28-17-9-7-16(8-10-17)23(25)26/h1-11H,12-14H2. The number of carbonyl (C=O) groups is 1. The third kappa shape index (κ3) is 4.94. The molecule has 0 aliphatic rings. The van der Waals surface area contributed by atoms with E-state index in [9.17, 15) is 19.3 Å². The smallest absolute Gasteiger partial charge is 0.269 e. The highest BCUT2D eigenvalue weighted by Crippen LogP contribution is 2.18. The molecule has 1 aromatic heterocycles. The molecule has 0 fully saturated rings. The highest BCUT2D eigenvalue weighted by molar-refractivity contribution is 5.77. The van der Waals surface area contributed by atoms with Crippen LogP contribution in [-0.2, 0) is 17.9 Å². The van der Waals surface area contributed by atoms with Gasteiger partial charge in [-0.3, -0.25) is 14.9 Å². The van der Waals surface area contributed by atoms with Crippen LogP contribution < -0.4 is 4.74 Å². The molecule has 2 aromatic carbocycles. The number of non-ortho nitro benzene ring substituents is 1. The summed E-state index contributed by atoms with van der Waals surface area (Å²) in [6.45, 7) is -0.0907. The Balaban J connectivity index is 1.68. The fraction of sp³-hybridized carbons (Fsp3) is 0.150. The van der Waals surface area contributed by atoms with Gasteiger partial charge < -0.3 is 14.1 Å². The van der Waals surface area contributed by atoms with Gasteiger partial charge in [-0.2, -0.15) is 0 Å². The lowest BCUT2D eigenvalue weighted by Crippen LogP contribution is -2.34. The normalized spacial score (nSPS) is 10.5. The van der Waals surface area contributed by atoms with Crippen LogP contribution in [0.3, 0.4) is 0 Å². The number of halogens is 1. The van der Waals surface area contributed by atoms with Gasteiger partial charge in [-0.1, -0.05) is 18.2 Å². The van der Waals surface area contributed by atoms with Gasteiger partial charge in [0.25, 0.3) is 11.6 Å². The fourth-order valence-corrected chi connectivity index (χ4v) is 2.56. The van der Waals surface area contributed by atoms with Gasteiger partial charge in [0.05, 0.1) is 17.7 Å². The van der Waals surface area contributed by atoms with E-state index >= 15 is 0 Å². The summed E-state index contributed by atoms with van der Waals surface area (Å²) >= 11 is 0. The average Bonchev–Trinajstić information content (AvgIpc) is 3.20. The summed E-state index contributed by atoms with van der Waals surface area (Å²) in [5.41, 5.74) is 0.301. The predicted octanol–water partition coefficient (Wildman–Crippen LogP) is 3.93. The van der Waals surface area contributed by atoms with Crippen LogP contribution in [0, 0.1) is 15.9 Å². The third-order valence-electron chi connectivity index (χ3n) is 4.01. The Labute approximate surface area is 160 Å². The fourth-order valence-electron chi connectivity index (χ4n) is 2.56. The van der Waals surface area contributed by atoms with Crippen LogP contribution in [0.5, 0.6) is 5.75 Å². The summed E-state index contributed by atoms with van der Waals surface area (Å²) in [6.07, 6.45) is 1.49. The van der Waals surface area contributed by atoms with E-state index in [1.807, 2.05) is 0 Å². The number of hydrogen-bond acceptors (Lipinski definition) is 5. The van der Waals surface area contributed by atoms with Gasteiger partial charge in [-0.25, -0.2) is 4.39 Å². The molecule has 1 heterocycles. The maximum Gasteiger partial charge on any atom is 0.269 e. The molecule has 8 heteroatoms. The first kappa shape index (κ1) is 19.1. The number of ether oxygens (including phenoxy) is 1. The van der Waals surface area contributed by atoms with E-state index in [0.29, 0.717) is 17.1 Å². The molecule has 3 rings (SSSR count).